The number of aryl methyl sites for hydroxylation is 1. The van der Waals surface area contributed by atoms with Gasteiger partial charge in [-0.05, 0) is 37.1 Å². The van der Waals surface area contributed by atoms with E-state index >= 15 is 0 Å². The molecule has 2 aromatic heterocycles. The second kappa shape index (κ2) is 10.2. The number of ether oxygens (including phenoxy) is 2. The molecule has 1 aromatic carbocycles. The maximum absolute atomic E-state index is 12.7. The van der Waals surface area contributed by atoms with Crippen molar-refractivity contribution in [3.8, 4) is 17.2 Å². The van der Waals surface area contributed by atoms with Gasteiger partial charge in [0.1, 0.15) is 17.2 Å². The third-order valence-corrected chi connectivity index (χ3v) is 5.24. The number of aliphatic hydroxyl groups is 1. The van der Waals surface area contributed by atoms with Crippen LogP contribution in [0.2, 0.25) is 0 Å². The van der Waals surface area contributed by atoms with Gasteiger partial charge in [0, 0.05) is 43.8 Å². The summed E-state index contributed by atoms with van der Waals surface area (Å²) in [5.74, 6) is 1.01. The fourth-order valence-corrected chi connectivity index (χ4v) is 3.26. The number of pyridine rings is 1. The number of aromatic nitrogens is 3. The predicted octanol–water partition coefficient (Wildman–Crippen LogP) is 2.41. The maximum atomic E-state index is 12.7. The summed E-state index contributed by atoms with van der Waals surface area (Å²) in [6.45, 7) is 0.427. The molecule has 0 saturated heterocycles. The number of nitrogens with zero attached hydrogens (tertiary/aromatic N) is 3. The Morgan fingerprint density at radius 1 is 1.12 bits per heavy atom. The van der Waals surface area contributed by atoms with E-state index in [4.69, 9.17) is 14.6 Å². The number of sulfone groups is 1. The van der Waals surface area contributed by atoms with Gasteiger partial charge in [-0.15, -0.1) is 0 Å². The van der Waals surface area contributed by atoms with Gasteiger partial charge in [-0.3, -0.25) is 9.48 Å². The summed E-state index contributed by atoms with van der Waals surface area (Å²) in [5, 5.41) is 15.7. The Hall–Kier alpha value is -3.44. The molecule has 0 aliphatic carbocycles. The smallest absolute Gasteiger partial charge is 0.257 e. The molecule has 0 atom stereocenters. The highest BCUT2D eigenvalue weighted by molar-refractivity contribution is 7.90. The minimum absolute atomic E-state index is 0.0683. The van der Waals surface area contributed by atoms with Gasteiger partial charge in [-0.2, -0.15) is 5.10 Å². The van der Waals surface area contributed by atoms with Gasteiger partial charge in [0.15, 0.2) is 20.7 Å². The Labute approximate surface area is 185 Å². The van der Waals surface area contributed by atoms with Crippen molar-refractivity contribution >= 4 is 21.6 Å². The SMILES string of the molecule is Cn1ccc(NC(=O)c2cc(OCCCCO)cc(Oc3ccc(S(C)(=O)=O)nc3)c2)n1. The van der Waals surface area contributed by atoms with Crippen molar-refractivity contribution in [2.24, 2.45) is 7.05 Å². The van der Waals surface area contributed by atoms with Crippen LogP contribution in [0, 0.1) is 0 Å². The number of rotatable bonds is 10. The van der Waals surface area contributed by atoms with Crippen molar-refractivity contribution in [1.29, 1.82) is 0 Å². The lowest BCUT2D eigenvalue weighted by Gasteiger charge is -2.12. The first-order chi connectivity index (χ1) is 15.2. The second-order valence-corrected chi connectivity index (χ2v) is 8.97. The van der Waals surface area contributed by atoms with Crippen LogP contribution in [0.4, 0.5) is 5.82 Å². The molecule has 3 aromatic rings. The Kier molecular flexibility index (Phi) is 7.44. The summed E-state index contributed by atoms with van der Waals surface area (Å²) in [5.41, 5.74) is 0.283. The molecular formula is C21H24N4O6S. The highest BCUT2D eigenvalue weighted by Crippen LogP contribution is 2.28. The van der Waals surface area contributed by atoms with Crippen molar-refractivity contribution < 1.29 is 27.8 Å². The van der Waals surface area contributed by atoms with Gasteiger partial charge in [-0.1, -0.05) is 0 Å². The number of hydrogen-bond acceptors (Lipinski definition) is 8. The van der Waals surface area contributed by atoms with E-state index in [0.29, 0.717) is 42.5 Å². The summed E-state index contributed by atoms with van der Waals surface area (Å²) in [4.78, 5) is 16.6. The molecule has 0 saturated carbocycles. The van der Waals surface area contributed by atoms with Crippen LogP contribution in [0.15, 0.2) is 53.8 Å². The van der Waals surface area contributed by atoms with Crippen LogP contribution in [0.5, 0.6) is 17.2 Å². The number of aliphatic hydroxyl groups excluding tert-OH is 1. The molecule has 10 nitrogen and oxygen atoms in total. The molecule has 0 spiro atoms. The maximum Gasteiger partial charge on any atom is 0.257 e. The standard InChI is InChI=1S/C21H24N4O6S/c1-25-8-7-19(24-25)23-21(27)15-11-17(30-10-4-3-9-26)13-18(12-15)31-16-5-6-20(22-14-16)32(2,28)29/h5-8,11-14,26H,3-4,9-10H2,1-2H3,(H,23,24,27). The van der Waals surface area contributed by atoms with Crippen molar-refractivity contribution in [3.05, 3.63) is 54.4 Å². The molecule has 170 valence electrons. The Morgan fingerprint density at radius 3 is 2.53 bits per heavy atom. The van der Waals surface area contributed by atoms with E-state index in [9.17, 15) is 13.2 Å². The summed E-state index contributed by atoms with van der Waals surface area (Å²) < 4.78 is 36.2. The third kappa shape index (κ3) is 6.53. The van der Waals surface area contributed by atoms with Crippen LogP contribution < -0.4 is 14.8 Å². The van der Waals surface area contributed by atoms with Gasteiger partial charge >= 0.3 is 0 Å². The average Bonchev–Trinajstić information content (AvgIpc) is 3.15. The summed E-state index contributed by atoms with van der Waals surface area (Å²) in [7, 11) is -1.68. The number of unbranched alkanes of at least 4 members (excludes halogenated alkanes) is 1. The fourth-order valence-electron chi connectivity index (χ4n) is 2.70. The molecule has 0 fully saturated rings. The molecule has 32 heavy (non-hydrogen) atoms. The van der Waals surface area contributed by atoms with E-state index in [1.54, 1.807) is 36.1 Å². The summed E-state index contributed by atoms with van der Waals surface area (Å²) >= 11 is 0. The lowest BCUT2D eigenvalue weighted by atomic mass is 10.2. The van der Waals surface area contributed by atoms with Gasteiger partial charge in [0.2, 0.25) is 0 Å². The molecule has 0 aliphatic heterocycles. The van der Waals surface area contributed by atoms with E-state index in [1.807, 2.05) is 0 Å². The van der Waals surface area contributed by atoms with Crippen molar-refractivity contribution in [3.63, 3.8) is 0 Å². The zero-order valence-electron chi connectivity index (χ0n) is 17.7. The highest BCUT2D eigenvalue weighted by atomic mass is 32.2. The largest absolute Gasteiger partial charge is 0.493 e. The molecule has 0 unspecified atom stereocenters. The quantitative estimate of drug-likeness (QED) is 0.441. The molecule has 11 heteroatoms. The summed E-state index contributed by atoms with van der Waals surface area (Å²) in [6, 6.07) is 9.21. The Morgan fingerprint density at radius 2 is 1.91 bits per heavy atom. The molecule has 0 aliphatic rings. The number of benzene rings is 1. The molecule has 1 amide bonds. The van der Waals surface area contributed by atoms with Gasteiger partial charge in [-0.25, -0.2) is 13.4 Å². The van der Waals surface area contributed by atoms with Crippen LogP contribution in [0.1, 0.15) is 23.2 Å². The van der Waals surface area contributed by atoms with Crippen molar-refractivity contribution in [2.75, 3.05) is 24.8 Å². The van der Waals surface area contributed by atoms with E-state index in [0.717, 1.165) is 6.26 Å². The number of anilines is 1. The number of carbonyl (C=O) groups is 1. The van der Waals surface area contributed by atoms with E-state index in [-0.39, 0.29) is 17.2 Å². The first kappa shape index (κ1) is 23.2. The molecular weight excluding hydrogens is 436 g/mol. The number of nitrogens with one attached hydrogen (secondary N) is 1. The number of amides is 1. The first-order valence-corrected chi connectivity index (χ1v) is 11.7. The van der Waals surface area contributed by atoms with Crippen LogP contribution in [0.25, 0.3) is 0 Å². The molecule has 0 bridgehead atoms. The average molecular weight is 461 g/mol. The van der Waals surface area contributed by atoms with Crippen LogP contribution in [-0.4, -0.2) is 53.7 Å². The minimum Gasteiger partial charge on any atom is -0.493 e. The van der Waals surface area contributed by atoms with Gasteiger partial charge in [0.25, 0.3) is 5.91 Å². The molecule has 2 heterocycles. The van der Waals surface area contributed by atoms with Crippen molar-refractivity contribution in [1.82, 2.24) is 14.8 Å². The monoisotopic (exact) mass is 460 g/mol. The lowest BCUT2D eigenvalue weighted by Crippen LogP contribution is -2.13. The van der Waals surface area contributed by atoms with Crippen LogP contribution in [0.3, 0.4) is 0 Å². The second-order valence-electron chi connectivity index (χ2n) is 7.01. The number of carbonyl (C=O) groups excluding carboxylic acids is 1. The lowest BCUT2D eigenvalue weighted by molar-refractivity contribution is 0.102. The van der Waals surface area contributed by atoms with E-state index in [2.05, 4.69) is 15.4 Å². The predicted molar refractivity (Wildman–Crippen MR) is 117 cm³/mol. The minimum atomic E-state index is -3.43. The van der Waals surface area contributed by atoms with E-state index < -0.39 is 15.7 Å². The van der Waals surface area contributed by atoms with Crippen LogP contribution in [-0.2, 0) is 16.9 Å². The highest BCUT2D eigenvalue weighted by Gasteiger charge is 2.14. The summed E-state index contributed by atoms with van der Waals surface area (Å²) in [6.07, 6.45) is 5.31. The zero-order valence-corrected chi connectivity index (χ0v) is 18.5. The first-order valence-electron chi connectivity index (χ1n) is 9.78. The zero-order chi connectivity index (χ0) is 23.1. The number of hydrogen-bond donors (Lipinski definition) is 2. The fraction of sp³-hybridized carbons (Fsp3) is 0.286. The van der Waals surface area contributed by atoms with E-state index in [1.165, 1.54) is 24.4 Å². The van der Waals surface area contributed by atoms with Gasteiger partial charge in [0.05, 0.1) is 12.8 Å². The van der Waals surface area contributed by atoms with Gasteiger partial charge < -0.3 is 19.9 Å². The normalized spacial score (nSPS) is 11.2. The topological polar surface area (TPSA) is 133 Å². The van der Waals surface area contributed by atoms with Crippen molar-refractivity contribution in [2.45, 2.75) is 17.9 Å². The molecule has 3 rings (SSSR count). The molecule has 0 radical (unpaired) electrons. The Bertz CT molecular complexity index is 1180. The van der Waals surface area contributed by atoms with Crippen LogP contribution >= 0.6 is 0 Å². The molecule has 2 N–H and O–H groups in total. The third-order valence-electron chi connectivity index (χ3n) is 4.24. The Balaban J connectivity index is 1.82.